The molecule has 1 amide bonds. The Bertz CT molecular complexity index is 1060. The fourth-order valence-electron chi connectivity index (χ4n) is 2.26. The number of nitrogens with zero attached hydrogens (tertiary/aromatic N) is 1. The SMILES string of the molecule is CS(=O)(=O)NCCc1ccc(C(=O)Nc2nc(-c3cccc(F)c3)cs2)s1. The van der Waals surface area contributed by atoms with Crippen LogP contribution < -0.4 is 10.0 Å². The van der Waals surface area contributed by atoms with Gasteiger partial charge in [0.1, 0.15) is 5.82 Å². The summed E-state index contributed by atoms with van der Waals surface area (Å²) in [6.07, 6.45) is 1.61. The Morgan fingerprint density at radius 1 is 1.26 bits per heavy atom. The number of thiophene rings is 1. The van der Waals surface area contributed by atoms with Crippen LogP contribution >= 0.6 is 22.7 Å². The predicted molar refractivity (Wildman–Crippen MR) is 106 cm³/mol. The van der Waals surface area contributed by atoms with Gasteiger partial charge in [-0.2, -0.15) is 0 Å². The van der Waals surface area contributed by atoms with Crippen LogP contribution in [0.4, 0.5) is 9.52 Å². The second-order valence-corrected chi connectivity index (χ2v) is 9.54. The largest absolute Gasteiger partial charge is 0.297 e. The lowest BCUT2D eigenvalue weighted by Crippen LogP contribution is -2.24. The minimum absolute atomic E-state index is 0.282. The average Bonchev–Trinajstić information content (AvgIpc) is 3.23. The Kier molecular flexibility index (Phi) is 6.00. The molecular formula is C17H16FN3O3S3. The van der Waals surface area contributed by atoms with Crippen molar-refractivity contribution in [2.75, 3.05) is 18.1 Å². The molecule has 27 heavy (non-hydrogen) atoms. The Balaban J connectivity index is 1.61. The van der Waals surface area contributed by atoms with Gasteiger partial charge in [-0.1, -0.05) is 12.1 Å². The van der Waals surface area contributed by atoms with E-state index >= 15 is 0 Å². The number of hydrogen-bond acceptors (Lipinski definition) is 6. The first-order valence-electron chi connectivity index (χ1n) is 7.86. The number of sulfonamides is 1. The number of hydrogen-bond donors (Lipinski definition) is 2. The summed E-state index contributed by atoms with van der Waals surface area (Å²) < 4.78 is 37.9. The molecular weight excluding hydrogens is 409 g/mol. The van der Waals surface area contributed by atoms with Crippen LogP contribution in [0, 0.1) is 5.82 Å². The number of thiazole rings is 1. The quantitative estimate of drug-likeness (QED) is 0.608. The van der Waals surface area contributed by atoms with Crippen LogP contribution in [0.2, 0.25) is 0 Å². The zero-order valence-electron chi connectivity index (χ0n) is 14.2. The molecule has 2 N–H and O–H groups in total. The van der Waals surface area contributed by atoms with Gasteiger partial charge in [-0.3, -0.25) is 10.1 Å². The zero-order chi connectivity index (χ0) is 19.4. The monoisotopic (exact) mass is 425 g/mol. The lowest BCUT2D eigenvalue weighted by Gasteiger charge is -2.00. The summed E-state index contributed by atoms with van der Waals surface area (Å²) in [5, 5.41) is 4.91. The number of anilines is 1. The summed E-state index contributed by atoms with van der Waals surface area (Å²) in [4.78, 5) is 18.1. The number of rotatable bonds is 7. The van der Waals surface area contributed by atoms with E-state index in [1.54, 1.807) is 29.6 Å². The van der Waals surface area contributed by atoms with E-state index in [9.17, 15) is 17.6 Å². The summed E-state index contributed by atoms with van der Waals surface area (Å²) in [6.45, 7) is 0.282. The summed E-state index contributed by atoms with van der Waals surface area (Å²) >= 11 is 2.56. The van der Waals surface area contributed by atoms with Crippen LogP contribution in [-0.2, 0) is 16.4 Å². The standard InChI is InChI=1S/C17H16FN3O3S3/c1-27(23,24)19-8-7-13-5-6-15(26-13)16(22)21-17-20-14(10-25-17)11-3-2-4-12(18)9-11/h2-6,9-10,19H,7-8H2,1H3,(H,20,21,22). The number of benzene rings is 1. The topological polar surface area (TPSA) is 88.2 Å². The predicted octanol–water partition coefficient (Wildman–Crippen LogP) is 3.35. The second kappa shape index (κ2) is 8.26. The van der Waals surface area contributed by atoms with Crippen molar-refractivity contribution in [1.82, 2.24) is 9.71 Å². The van der Waals surface area contributed by atoms with Crippen molar-refractivity contribution in [2.24, 2.45) is 0 Å². The maximum Gasteiger partial charge on any atom is 0.267 e. The number of carbonyl (C=O) groups excluding carboxylic acids is 1. The maximum atomic E-state index is 13.3. The Morgan fingerprint density at radius 3 is 2.81 bits per heavy atom. The maximum absolute atomic E-state index is 13.3. The van der Waals surface area contributed by atoms with E-state index < -0.39 is 10.0 Å². The molecule has 2 aromatic heterocycles. The van der Waals surface area contributed by atoms with Crippen LogP contribution in [0.3, 0.4) is 0 Å². The van der Waals surface area contributed by atoms with E-state index in [-0.39, 0.29) is 18.3 Å². The molecule has 3 rings (SSSR count). The summed E-state index contributed by atoms with van der Waals surface area (Å²) in [5.41, 5.74) is 1.23. The van der Waals surface area contributed by atoms with Gasteiger partial charge in [-0.15, -0.1) is 22.7 Å². The Hall–Kier alpha value is -2.14. The van der Waals surface area contributed by atoms with Crippen LogP contribution in [0.25, 0.3) is 11.3 Å². The van der Waals surface area contributed by atoms with E-state index in [1.807, 2.05) is 0 Å². The molecule has 0 fully saturated rings. The fraction of sp³-hybridized carbons (Fsp3) is 0.176. The third kappa shape index (κ3) is 5.67. The van der Waals surface area contributed by atoms with E-state index in [2.05, 4.69) is 15.0 Å². The second-order valence-electron chi connectivity index (χ2n) is 5.68. The van der Waals surface area contributed by atoms with Crippen molar-refractivity contribution < 1.29 is 17.6 Å². The molecule has 2 heterocycles. The highest BCUT2D eigenvalue weighted by molar-refractivity contribution is 7.88. The third-order valence-electron chi connectivity index (χ3n) is 3.47. The van der Waals surface area contributed by atoms with Crippen LogP contribution in [0.5, 0.6) is 0 Å². The molecule has 0 unspecified atom stereocenters. The van der Waals surface area contributed by atoms with Gasteiger partial charge in [0, 0.05) is 22.4 Å². The number of nitrogens with one attached hydrogen (secondary N) is 2. The van der Waals surface area contributed by atoms with Crippen LogP contribution in [0.15, 0.2) is 41.8 Å². The van der Waals surface area contributed by atoms with E-state index in [1.165, 1.54) is 34.8 Å². The minimum atomic E-state index is -3.22. The first-order chi connectivity index (χ1) is 12.8. The molecule has 142 valence electrons. The van der Waals surface area contributed by atoms with Crippen LogP contribution in [0.1, 0.15) is 14.5 Å². The molecule has 0 bridgehead atoms. The Morgan fingerprint density at radius 2 is 2.07 bits per heavy atom. The van der Waals surface area contributed by atoms with Crippen molar-refractivity contribution in [2.45, 2.75) is 6.42 Å². The number of carbonyl (C=O) groups is 1. The van der Waals surface area contributed by atoms with Crippen LogP contribution in [-0.4, -0.2) is 32.1 Å². The van der Waals surface area contributed by atoms with Crippen molar-refractivity contribution in [1.29, 1.82) is 0 Å². The Labute approximate surface area is 164 Å². The summed E-state index contributed by atoms with van der Waals surface area (Å²) in [5.74, 6) is -0.634. The molecule has 1 aromatic carbocycles. The first kappa shape index (κ1) is 19.6. The van der Waals surface area contributed by atoms with Gasteiger partial charge >= 0.3 is 0 Å². The molecule has 0 spiro atoms. The van der Waals surface area contributed by atoms with Gasteiger partial charge < -0.3 is 0 Å². The highest BCUT2D eigenvalue weighted by Crippen LogP contribution is 2.26. The highest BCUT2D eigenvalue weighted by atomic mass is 32.2. The number of amides is 1. The molecule has 0 radical (unpaired) electrons. The lowest BCUT2D eigenvalue weighted by molar-refractivity contribution is 0.103. The molecule has 0 aliphatic heterocycles. The number of aromatic nitrogens is 1. The molecule has 0 aliphatic rings. The van der Waals surface area contributed by atoms with Crippen molar-refractivity contribution in [3.05, 3.63) is 57.3 Å². The molecule has 3 aromatic rings. The molecule has 6 nitrogen and oxygen atoms in total. The molecule has 10 heteroatoms. The molecule has 0 aliphatic carbocycles. The molecule has 0 saturated heterocycles. The highest BCUT2D eigenvalue weighted by Gasteiger charge is 2.13. The van der Waals surface area contributed by atoms with Gasteiger partial charge in [0.2, 0.25) is 10.0 Å². The van der Waals surface area contributed by atoms with Gasteiger partial charge in [-0.05, 0) is 30.7 Å². The van der Waals surface area contributed by atoms with E-state index in [0.29, 0.717) is 27.7 Å². The van der Waals surface area contributed by atoms with Gasteiger partial charge in [0.05, 0.1) is 16.8 Å². The molecule has 0 atom stereocenters. The minimum Gasteiger partial charge on any atom is -0.297 e. The molecule has 0 saturated carbocycles. The van der Waals surface area contributed by atoms with Gasteiger partial charge in [-0.25, -0.2) is 22.5 Å². The summed E-state index contributed by atoms with van der Waals surface area (Å²) in [7, 11) is -3.22. The van der Waals surface area contributed by atoms with E-state index in [4.69, 9.17) is 0 Å². The first-order valence-corrected chi connectivity index (χ1v) is 11.4. The van der Waals surface area contributed by atoms with Crippen molar-refractivity contribution >= 4 is 43.7 Å². The van der Waals surface area contributed by atoms with E-state index in [0.717, 1.165) is 11.1 Å². The average molecular weight is 426 g/mol. The van der Waals surface area contributed by atoms with Gasteiger partial charge in [0.25, 0.3) is 5.91 Å². The number of halogens is 1. The fourth-order valence-corrected chi connectivity index (χ4v) is 4.35. The smallest absolute Gasteiger partial charge is 0.267 e. The third-order valence-corrected chi connectivity index (χ3v) is 6.10. The lowest BCUT2D eigenvalue weighted by atomic mass is 10.2. The van der Waals surface area contributed by atoms with Crippen molar-refractivity contribution in [3.63, 3.8) is 0 Å². The normalized spacial score (nSPS) is 11.5. The zero-order valence-corrected chi connectivity index (χ0v) is 16.7. The summed E-state index contributed by atoms with van der Waals surface area (Å²) in [6, 6.07) is 9.59. The van der Waals surface area contributed by atoms with Crippen molar-refractivity contribution in [3.8, 4) is 11.3 Å². The van der Waals surface area contributed by atoms with Gasteiger partial charge in [0.15, 0.2) is 5.13 Å².